The van der Waals surface area contributed by atoms with Crippen molar-refractivity contribution in [2.45, 2.75) is 32.4 Å². The molecule has 0 saturated carbocycles. The van der Waals surface area contributed by atoms with E-state index in [-0.39, 0.29) is 0 Å². The molecular formula is C24H26N4O. The molecule has 0 unspecified atom stereocenters. The zero-order chi connectivity index (χ0) is 19.5. The number of likely N-dealkylation sites (tertiary alicyclic amines) is 1. The largest absolute Gasteiger partial charge is 0.467 e. The van der Waals surface area contributed by atoms with Crippen molar-refractivity contribution >= 4 is 11.2 Å². The van der Waals surface area contributed by atoms with Gasteiger partial charge < -0.3 is 8.98 Å². The van der Waals surface area contributed by atoms with Gasteiger partial charge in [0.05, 0.1) is 12.8 Å². The van der Waals surface area contributed by atoms with Gasteiger partial charge in [0.15, 0.2) is 5.65 Å². The highest BCUT2D eigenvalue weighted by Gasteiger charge is 2.22. The van der Waals surface area contributed by atoms with E-state index in [1.54, 1.807) is 6.26 Å². The van der Waals surface area contributed by atoms with Gasteiger partial charge in [-0.1, -0.05) is 30.3 Å². The van der Waals surface area contributed by atoms with Gasteiger partial charge in [-0.3, -0.25) is 4.90 Å². The highest BCUT2D eigenvalue weighted by molar-refractivity contribution is 5.71. The lowest BCUT2D eigenvalue weighted by molar-refractivity contribution is 0.175. The highest BCUT2D eigenvalue weighted by atomic mass is 16.3. The lowest BCUT2D eigenvalue weighted by Gasteiger charge is -2.32. The molecule has 1 saturated heterocycles. The maximum Gasteiger partial charge on any atom is 0.160 e. The topological polar surface area (TPSA) is 47.1 Å². The first kappa shape index (κ1) is 18.1. The lowest BCUT2D eigenvalue weighted by atomic mass is 9.93. The first-order valence-corrected chi connectivity index (χ1v) is 10.4. The van der Waals surface area contributed by atoms with Crippen molar-refractivity contribution in [3.8, 4) is 0 Å². The summed E-state index contributed by atoms with van der Waals surface area (Å²) in [5, 5.41) is 0. The number of furan rings is 1. The third-order valence-corrected chi connectivity index (χ3v) is 5.90. The molecule has 1 aliphatic rings. The molecule has 1 aromatic carbocycles. The molecular weight excluding hydrogens is 360 g/mol. The van der Waals surface area contributed by atoms with Crippen LogP contribution >= 0.6 is 0 Å². The van der Waals surface area contributed by atoms with Crippen molar-refractivity contribution in [3.05, 3.63) is 84.2 Å². The molecule has 0 radical (unpaired) electrons. The van der Waals surface area contributed by atoms with Gasteiger partial charge in [-0.05, 0) is 61.7 Å². The normalized spacial score (nSPS) is 15.9. The summed E-state index contributed by atoms with van der Waals surface area (Å²) in [5.74, 6) is 2.72. The first-order chi connectivity index (χ1) is 14.3. The van der Waals surface area contributed by atoms with E-state index in [1.165, 1.54) is 18.4 Å². The van der Waals surface area contributed by atoms with E-state index in [0.29, 0.717) is 12.5 Å². The Hall–Kier alpha value is -2.92. The van der Waals surface area contributed by atoms with Crippen LogP contribution in [0.3, 0.4) is 0 Å². The Balaban J connectivity index is 1.28. The second kappa shape index (κ2) is 8.21. The molecule has 4 aromatic rings. The Labute approximate surface area is 171 Å². The molecule has 1 fully saturated rings. The molecule has 0 atom stereocenters. The zero-order valence-electron chi connectivity index (χ0n) is 16.6. The van der Waals surface area contributed by atoms with Crippen LogP contribution in [0.25, 0.3) is 11.2 Å². The van der Waals surface area contributed by atoms with Gasteiger partial charge in [0.2, 0.25) is 0 Å². The fourth-order valence-electron chi connectivity index (χ4n) is 4.33. The highest BCUT2D eigenvalue weighted by Crippen LogP contribution is 2.25. The van der Waals surface area contributed by atoms with E-state index in [0.717, 1.165) is 48.8 Å². The van der Waals surface area contributed by atoms with Gasteiger partial charge in [-0.2, -0.15) is 0 Å². The number of nitrogens with zero attached hydrogens (tertiary/aromatic N) is 4. The van der Waals surface area contributed by atoms with Crippen molar-refractivity contribution in [2.75, 3.05) is 13.1 Å². The molecule has 0 amide bonds. The molecule has 0 spiro atoms. The second-order valence-corrected chi connectivity index (χ2v) is 7.95. The average Bonchev–Trinajstić information content (AvgIpc) is 3.39. The van der Waals surface area contributed by atoms with Crippen LogP contribution < -0.4 is 0 Å². The third-order valence-electron chi connectivity index (χ3n) is 5.90. The summed E-state index contributed by atoms with van der Waals surface area (Å²) >= 11 is 0. The quantitative estimate of drug-likeness (QED) is 0.489. The van der Waals surface area contributed by atoms with Crippen LogP contribution in [-0.4, -0.2) is 32.5 Å². The van der Waals surface area contributed by atoms with Crippen molar-refractivity contribution in [1.82, 2.24) is 19.4 Å². The summed E-state index contributed by atoms with van der Waals surface area (Å²) in [6.45, 7) is 4.03. The van der Waals surface area contributed by atoms with E-state index < -0.39 is 0 Å². The smallest absolute Gasteiger partial charge is 0.160 e. The van der Waals surface area contributed by atoms with Gasteiger partial charge in [0, 0.05) is 19.2 Å². The molecule has 1 aliphatic heterocycles. The van der Waals surface area contributed by atoms with E-state index in [4.69, 9.17) is 9.40 Å². The van der Waals surface area contributed by atoms with E-state index >= 15 is 0 Å². The Kier molecular flexibility index (Phi) is 5.13. The predicted octanol–water partition coefficient (Wildman–Crippen LogP) is 4.53. The number of rotatable bonds is 6. The monoisotopic (exact) mass is 386 g/mol. The zero-order valence-corrected chi connectivity index (χ0v) is 16.6. The number of pyridine rings is 1. The molecule has 5 rings (SSSR count). The summed E-state index contributed by atoms with van der Waals surface area (Å²) in [5.41, 5.74) is 3.31. The van der Waals surface area contributed by atoms with E-state index in [1.807, 2.05) is 30.5 Å². The molecule has 5 heteroatoms. The van der Waals surface area contributed by atoms with Crippen LogP contribution in [0.5, 0.6) is 0 Å². The maximum atomic E-state index is 5.59. The second-order valence-electron chi connectivity index (χ2n) is 7.95. The van der Waals surface area contributed by atoms with Crippen molar-refractivity contribution in [1.29, 1.82) is 0 Å². The van der Waals surface area contributed by atoms with Crippen LogP contribution in [0.15, 0.2) is 71.5 Å². The maximum absolute atomic E-state index is 5.59. The predicted molar refractivity (Wildman–Crippen MR) is 113 cm³/mol. The lowest BCUT2D eigenvalue weighted by Crippen LogP contribution is -2.34. The van der Waals surface area contributed by atoms with Crippen LogP contribution in [-0.2, 0) is 19.5 Å². The number of imidazole rings is 1. The van der Waals surface area contributed by atoms with Crippen LogP contribution in [0.4, 0.5) is 0 Å². The number of aromatic nitrogens is 3. The van der Waals surface area contributed by atoms with Gasteiger partial charge in [0.25, 0.3) is 0 Å². The number of fused-ring (bicyclic) bond motifs is 1. The number of hydrogen-bond acceptors (Lipinski definition) is 4. The van der Waals surface area contributed by atoms with E-state index in [9.17, 15) is 0 Å². The number of benzene rings is 1. The Morgan fingerprint density at radius 1 is 0.931 bits per heavy atom. The molecule has 0 bridgehead atoms. The summed E-state index contributed by atoms with van der Waals surface area (Å²) in [7, 11) is 0. The number of hydrogen-bond donors (Lipinski definition) is 0. The molecule has 0 N–H and O–H groups in total. The standard InChI is InChI=1S/C24H26N4O/c1-2-6-20(7-3-1)17-27-13-10-19(11-14-27)16-23-26-22-9-4-12-25-24(22)28(23)18-21-8-5-15-29-21/h1-9,12,15,19H,10-11,13-14,16-18H2. The average molecular weight is 386 g/mol. The van der Waals surface area contributed by atoms with Crippen LogP contribution in [0.1, 0.15) is 30.0 Å². The van der Waals surface area contributed by atoms with Crippen molar-refractivity contribution in [3.63, 3.8) is 0 Å². The van der Waals surface area contributed by atoms with Crippen molar-refractivity contribution in [2.24, 2.45) is 5.92 Å². The summed E-state index contributed by atoms with van der Waals surface area (Å²) in [6.07, 6.45) is 6.99. The molecule has 5 nitrogen and oxygen atoms in total. The summed E-state index contributed by atoms with van der Waals surface area (Å²) in [4.78, 5) is 12.1. The third kappa shape index (κ3) is 4.10. The van der Waals surface area contributed by atoms with Gasteiger partial charge in [0.1, 0.15) is 17.1 Å². The summed E-state index contributed by atoms with van der Waals surface area (Å²) in [6, 6.07) is 18.7. The minimum Gasteiger partial charge on any atom is -0.467 e. The Bertz CT molecular complexity index is 1050. The minimum atomic E-state index is 0.661. The first-order valence-electron chi connectivity index (χ1n) is 10.4. The van der Waals surface area contributed by atoms with Gasteiger partial charge in [-0.25, -0.2) is 9.97 Å². The number of piperidine rings is 1. The molecule has 0 aliphatic carbocycles. The fourth-order valence-corrected chi connectivity index (χ4v) is 4.33. The van der Waals surface area contributed by atoms with Crippen LogP contribution in [0.2, 0.25) is 0 Å². The molecule has 148 valence electrons. The fraction of sp³-hybridized carbons (Fsp3) is 0.333. The van der Waals surface area contributed by atoms with Gasteiger partial charge >= 0.3 is 0 Å². The minimum absolute atomic E-state index is 0.661. The van der Waals surface area contributed by atoms with Crippen molar-refractivity contribution < 1.29 is 4.42 Å². The molecule has 4 heterocycles. The van der Waals surface area contributed by atoms with Gasteiger partial charge in [-0.15, -0.1) is 0 Å². The Morgan fingerprint density at radius 3 is 2.59 bits per heavy atom. The van der Waals surface area contributed by atoms with Crippen LogP contribution in [0, 0.1) is 5.92 Å². The summed E-state index contributed by atoms with van der Waals surface area (Å²) < 4.78 is 7.82. The van der Waals surface area contributed by atoms with E-state index in [2.05, 4.69) is 44.8 Å². The Morgan fingerprint density at radius 2 is 1.79 bits per heavy atom. The molecule has 3 aromatic heterocycles. The molecule has 29 heavy (non-hydrogen) atoms. The SMILES string of the molecule is c1ccc(CN2CCC(Cc3nc4cccnc4n3Cc3ccco3)CC2)cc1.